The summed E-state index contributed by atoms with van der Waals surface area (Å²) in [6.07, 6.45) is 0.288. The third-order valence-electron chi connectivity index (χ3n) is 3.59. The number of ether oxygens (including phenoxy) is 2. The zero-order valence-electron chi connectivity index (χ0n) is 13.3. The van der Waals surface area contributed by atoms with E-state index in [1.54, 1.807) is 6.92 Å². The average Bonchev–Trinajstić information content (AvgIpc) is 2.85. The Labute approximate surface area is 139 Å². The highest BCUT2D eigenvalue weighted by molar-refractivity contribution is 7.91. The first-order chi connectivity index (χ1) is 11.3. The molecule has 0 aliphatic carbocycles. The summed E-state index contributed by atoms with van der Waals surface area (Å²) in [6, 6.07) is 1.80. The normalized spacial score (nSPS) is 18.8. The Balaban J connectivity index is 2.34. The molecule has 0 bridgehead atoms. The molecular formula is C14H18N2O7S. The van der Waals surface area contributed by atoms with Gasteiger partial charge in [0.15, 0.2) is 21.3 Å². The zero-order chi connectivity index (χ0) is 17.9. The number of nitro benzene ring substituents is 1. The van der Waals surface area contributed by atoms with E-state index in [0.717, 1.165) is 6.07 Å². The predicted octanol–water partition coefficient (Wildman–Crippen LogP) is 0.919. The summed E-state index contributed by atoms with van der Waals surface area (Å²) in [7, 11) is -1.83. The highest BCUT2D eigenvalue weighted by Crippen LogP contribution is 2.34. The average molecular weight is 358 g/mol. The molecule has 1 heterocycles. The summed E-state index contributed by atoms with van der Waals surface area (Å²) in [5.41, 5.74) is -0.637. The molecule has 1 amide bonds. The first kappa shape index (κ1) is 18.0. The summed E-state index contributed by atoms with van der Waals surface area (Å²) in [4.78, 5) is 22.9. The van der Waals surface area contributed by atoms with Crippen molar-refractivity contribution in [3.05, 3.63) is 27.8 Å². The van der Waals surface area contributed by atoms with Crippen LogP contribution in [-0.4, -0.2) is 50.5 Å². The van der Waals surface area contributed by atoms with Crippen LogP contribution in [0.4, 0.5) is 5.69 Å². The fourth-order valence-corrected chi connectivity index (χ4v) is 4.16. The van der Waals surface area contributed by atoms with Crippen molar-refractivity contribution in [3.8, 4) is 11.5 Å². The number of nitrogens with zero attached hydrogens (tertiary/aromatic N) is 1. The third kappa shape index (κ3) is 3.94. The van der Waals surface area contributed by atoms with Crippen molar-refractivity contribution in [1.29, 1.82) is 0 Å². The maximum atomic E-state index is 12.4. The number of nitrogens with one attached hydrogen (secondary N) is 1. The van der Waals surface area contributed by atoms with Gasteiger partial charge in [-0.3, -0.25) is 14.9 Å². The van der Waals surface area contributed by atoms with E-state index in [1.165, 1.54) is 13.2 Å². The first-order valence-corrected chi connectivity index (χ1v) is 9.10. The molecule has 10 heteroatoms. The molecule has 0 spiro atoms. The van der Waals surface area contributed by atoms with E-state index in [0.29, 0.717) is 0 Å². The minimum atomic E-state index is -3.17. The Kier molecular flexibility index (Phi) is 5.27. The van der Waals surface area contributed by atoms with Crippen molar-refractivity contribution >= 4 is 21.4 Å². The van der Waals surface area contributed by atoms with Gasteiger partial charge in [-0.15, -0.1) is 0 Å². The topological polar surface area (TPSA) is 125 Å². The molecule has 1 fully saturated rings. The highest BCUT2D eigenvalue weighted by Gasteiger charge is 2.31. The molecule has 1 aromatic rings. The largest absolute Gasteiger partial charge is 0.493 e. The fourth-order valence-electron chi connectivity index (χ4n) is 2.48. The van der Waals surface area contributed by atoms with Crippen molar-refractivity contribution < 1.29 is 27.6 Å². The van der Waals surface area contributed by atoms with E-state index in [2.05, 4.69) is 5.32 Å². The number of hydrogen-bond donors (Lipinski definition) is 1. The van der Waals surface area contributed by atoms with Gasteiger partial charge in [0.2, 0.25) is 0 Å². The van der Waals surface area contributed by atoms with Crippen LogP contribution in [0, 0.1) is 10.1 Å². The molecule has 132 valence electrons. The van der Waals surface area contributed by atoms with E-state index < -0.39 is 32.4 Å². The maximum Gasteiger partial charge on any atom is 0.286 e. The van der Waals surface area contributed by atoms with E-state index in [-0.39, 0.29) is 41.6 Å². The van der Waals surface area contributed by atoms with Crippen molar-refractivity contribution in [2.75, 3.05) is 25.2 Å². The van der Waals surface area contributed by atoms with Crippen LogP contribution in [0.1, 0.15) is 23.7 Å². The van der Waals surface area contributed by atoms with Gasteiger partial charge in [0.25, 0.3) is 11.6 Å². The van der Waals surface area contributed by atoms with Crippen molar-refractivity contribution in [2.24, 2.45) is 0 Å². The van der Waals surface area contributed by atoms with Gasteiger partial charge in [0, 0.05) is 12.1 Å². The SMILES string of the molecule is CCOc1cc(C(=O)N[C@@H]2CCS(=O)(=O)C2)c([N+](=O)[O-])cc1OC. The molecule has 0 unspecified atom stereocenters. The summed E-state index contributed by atoms with van der Waals surface area (Å²) >= 11 is 0. The number of nitro groups is 1. The summed E-state index contributed by atoms with van der Waals surface area (Å²) < 4.78 is 33.3. The lowest BCUT2D eigenvalue weighted by Crippen LogP contribution is -2.35. The van der Waals surface area contributed by atoms with Crippen molar-refractivity contribution in [1.82, 2.24) is 5.32 Å². The number of methoxy groups -OCH3 is 1. The summed E-state index contributed by atoms with van der Waals surface area (Å²) in [5, 5.41) is 13.8. The van der Waals surface area contributed by atoms with Gasteiger partial charge in [-0.1, -0.05) is 0 Å². The van der Waals surface area contributed by atoms with Gasteiger partial charge in [0.1, 0.15) is 5.56 Å². The van der Waals surface area contributed by atoms with Gasteiger partial charge in [-0.25, -0.2) is 8.42 Å². The second-order valence-electron chi connectivity index (χ2n) is 5.28. The fraction of sp³-hybridized carbons (Fsp3) is 0.500. The lowest BCUT2D eigenvalue weighted by atomic mass is 10.1. The van der Waals surface area contributed by atoms with E-state index in [9.17, 15) is 23.3 Å². The Bertz CT molecular complexity index is 761. The van der Waals surface area contributed by atoms with E-state index in [4.69, 9.17) is 9.47 Å². The minimum absolute atomic E-state index is 0.00709. The van der Waals surface area contributed by atoms with Crippen LogP contribution in [0.5, 0.6) is 11.5 Å². The molecule has 1 aromatic carbocycles. The standard InChI is InChI=1S/C14H18N2O7S/c1-3-23-13-6-10(11(16(18)19)7-12(13)22-2)14(17)15-9-4-5-24(20,21)8-9/h6-7,9H,3-5,8H2,1-2H3,(H,15,17)/t9-/m1/s1. The van der Waals surface area contributed by atoms with Crippen molar-refractivity contribution in [2.45, 2.75) is 19.4 Å². The molecule has 1 aliphatic heterocycles. The van der Waals surface area contributed by atoms with Gasteiger partial charge in [-0.2, -0.15) is 0 Å². The molecule has 0 saturated carbocycles. The molecular weight excluding hydrogens is 340 g/mol. The molecule has 1 N–H and O–H groups in total. The van der Waals surface area contributed by atoms with Gasteiger partial charge in [-0.05, 0) is 13.3 Å². The highest BCUT2D eigenvalue weighted by atomic mass is 32.2. The van der Waals surface area contributed by atoms with Crippen LogP contribution in [-0.2, 0) is 9.84 Å². The minimum Gasteiger partial charge on any atom is -0.493 e. The van der Waals surface area contributed by atoms with Crippen LogP contribution in [0.25, 0.3) is 0 Å². The zero-order valence-corrected chi connectivity index (χ0v) is 14.1. The van der Waals surface area contributed by atoms with Gasteiger partial charge < -0.3 is 14.8 Å². The van der Waals surface area contributed by atoms with Crippen LogP contribution in [0.15, 0.2) is 12.1 Å². The smallest absolute Gasteiger partial charge is 0.286 e. The van der Waals surface area contributed by atoms with E-state index >= 15 is 0 Å². The van der Waals surface area contributed by atoms with Gasteiger partial charge in [0.05, 0.1) is 36.2 Å². The lowest BCUT2D eigenvalue weighted by molar-refractivity contribution is -0.385. The first-order valence-electron chi connectivity index (χ1n) is 7.28. The molecule has 9 nitrogen and oxygen atoms in total. The molecule has 0 radical (unpaired) electrons. The molecule has 1 atom stereocenters. The number of sulfone groups is 1. The Morgan fingerprint density at radius 3 is 2.62 bits per heavy atom. The molecule has 2 rings (SSSR count). The van der Waals surface area contributed by atoms with Crippen LogP contribution in [0.3, 0.4) is 0 Å². The summed E-state index contributed by atoms with van der Waals surface area (Å²) in [6.45, 7) is 2.01. The quantitative estimate of drug-likeness (QED) is 0.592. The maximum absolute atomic E-state index is 12.4. The van der Waals surface area contributed by atoms with E-state index in [1.807, 2.05) is 0 Å². The monoisotopic (exact) mass is 358 g/mol. The van der Waals surface area contributed by atoms with Crippen LogP contribution >= 0.6 is 0 Å². The number of amides is 1. The predicted molar refractivity (Wildman–Crippen MR) is 85.3 cm³/mol. The second kappa shape index (κ2) is 7.04. The lowest BCUT2D eigenvalue weighted by Gasteiger charge is -2.14. The second-order valence-corrected chi connectivity index (χ2v) is 7.51. The number of benzene rings is 1. The third-order valence-corrected chi connectivity index (χ3v) is 5.36. The number of carbonyl (C=O) groups excluding carboxylic acids is 1. The van der Waals surface area contributed by atoms with Crippen LogP contribution in [0.2, 0.25) is 0 Å². The Morgan fingerprint density at radius 1 is 1.42 bits per heavy atom. The molecule has 1 saturated heterocycles. The molecule has 0 aromatic heterocycles. The Morgan fingerprint density at radius 2 is 2.12 bits per heavy atom. The molecule has 24 heavy (non-hydrogen) atoms. The van der Waals surface area contributed by atoms with Crippen LogP contribution < -0.4 is 14.8 Å². The number of rotatable bonds is 6. The summed E-state index contributed by atoms with van der Waals surface area (Å²) in [5.74, 6) is -0.542. The molecule has 1 aliphatic rings. The number of carbonyl (C=O) groups is 1. The number of hydrogen-bond acceptors (Lipinski definition) is 7. The van der Waals surface area contributed by atoms with Crippen molar-refractivity contribution in [3.63, 3.8) is 0 Å². The van der Waals surface area contributed by atoms with Gasteiger partial charge >= 0.3 is 0 Å². The Hall–Kier alpha value is -2.36.